The summed E-state index contributed by atoms with van der Waals surface area (Å²) in [4.78, 5) is 39.2. The molecule has 0 radical (unpaired) electrons. The van der Waals surface area contributed by atoms with Crippen molar-refractivity contribution in [3.05, 3.63) is 65.7 Å². The van der Waals surface area contributed by atoms with Crippen LogP contribution in [0.15, 0.2) is 54.6 Å². The van der Waals surface area contributed by atoms with Crippen LogP contribution in [0.25, 0.3) is 0 Å². The van der Waals surface area contributed by atoms with E-state index in [4.69, 9.17) is 0 Å². The number of hydrogen-bond donors (Lipinski definition) is 2. The summed E-state index contributed by atoms with van der Waals surface area (Å²) in [6.07, 6.45) is 2.45. The van der Waals surface area contributed by atoms with Gasteiger partial charge >= 0.3 is 0 Å². The third kappa shape index (κ3) is 7.22. The summed E-state index contributed by atoms with van der Waals surface area (Å²) in [7, 11) is 0. The molecule has 1 fully saturated rings. The first-order valence-corrected chi connectivity index (χ1v) is 11.4. The van der Waals surface area contributed by atoms with Crippen LogP contribution in [0.1, 0.15) is 44.2 Å². The topological polar surface area (TPSA) is 78.5 Å². The fraction of sp³-hybridized carbons (Fsp3) is 0.423. The molecule has 2 aromatic carbocycles. The molecule has 3 rings (SSSR count). The quantitative estimate of drug-likeness (QED) is 0.663. The number of amides is 3. The zero-order chi connectivity index (χ0) is 22.9. The van der Waals surface area contributed by atoms with Crippen molar-refractivity contribution in [3.63, 3.8) is 0 Å². The molecule has 1 aliphatic rings. The van der Waals surface area contributed by atoms with Gasteiger partial charge in [-0.05, 0) is 42.0 Å². The van der Waals surface area contributed by atoms with Gasteiger partial charge in [-0.25, -0.2) is 0 Å². The largest absolute Gasteiger partial charge is 0.352 e. The highest BCUT2D eigenvalue weighted by atomic mass is 16.2. The Morgan fingerprint density at radius 3 is 2.53 bits per heavy atom. The Hall–Kier alpha value is -3.15. The molecule has 1 heterocycles. The molecule has 1 aliphatic heterocycles. The molecule has 0 aromatic heterocycles. The minimum absolute atomic E-state index is 0.0105. The molecule has 2 N–H and O–H groups in total. The normalized spacial score (nSPS) is 16.0. The van der Waals surface area contributed by atoms with Crippen LogP contribution in [0.2, 0.25) is 0 Å². The lowest BCUT2D eigenvalue weighted by atomic mass is 9.96. The maximum atomic E-state index is 12.8. The SMILES string of the molecule is CC(C)CC(=O)Nc1cccc(CNC(=O)C2CCCN(C(=O)Cc3ccccc3)C2)c1. The van der Waals surface area contributed by atoms with Gasteiger partial charge < -0.3 is 15.5 Å². The monoisotopic (exact) mass is 435 g/mol. The summed E-state index contributed by atoms with van der Waals surface area (Å²) in [5.74, 6) is 0.128. The van der Waals surface area contributed by atoms with Crippen molar-refractivity contribution in [2.45, 2.75) is 46.1 Å². The van der Waals surface area contributed by atoms with Gasteiger partial charge in [0, 0.05) is 31.7 Å². The second-order valence-corrected chi connectivity index (χ2v) is 8.91. The zero-order valence-electron chi connectivity index (χ0n) is 19.0. The molecule has 1 saturated heterocycles. The van der Waals surface area contributed by atoms with Gasteiger partial charge in [0.05, 0.1) is 12.3 Å². The predicted octanol–water partition coefficient (Wildman–Crippen LogP) is 3.77. The van der Waals surface area contributed by atoms with Crippen LogP contribution in [-0.2, 0) is 27.3 Å². The third-order valence-electron chi connectivity index (χ3n) is 5.61. The number of carbonyl (C=O) groups is 3. The summed E-state index contributed by atoms with van der Waals surface area (Å²) < 4.78 is 0. The average molecular weight is 436 g/mol. The minimum Gasteiger partial charge on any atom is -0.352 e. The van der Waals surface area contributed by atoms with Crippen molar-refractivity contribution < 1.29 is 14.4 Å². The van der Waals surface area contributed by atoms with Crippen LogP contribution in [0.4, 0.5) is 5.69 Å². The lowest BCUT2D eigenvalue weighted by Crippen LogP contribution is -2.45. The number of rotatable bonds is 8. The Bertz CT molecular complexity index is 927. The lowest BCUT2D eigenvalue weighted by molar-refractivity contribution is -0.135. The molecular weight excluding hydrogens is 402 g/mol. The van der Waals surface area contributed by atoms with E-state index >= 15 is 0 Å². The molecule has 1 unspecified atom stereocenters. The van der Waals surface area contributed by atoms with Crippen LogP contribution < -0.4 is 10.6 Å². The average Bonchev–Trinajstić information content (AvgIpc) is 2.78. The highest BCUT2D eigenvalue weighted by Gasteiger charge is 2.28. The number of anilines is 1. The van der Waals surface area contributed by atoms with Gasteiger partial charge in [-0.2, -0.15) is 0 Å². The second kappa shape index (κ2) is 11.5. The zero-order valence-corrected chi connectivity index (χ0v) is 19.0. The van der Waals surface area contributed by atoms with Gasteiger partial charge in [-0.1, -0.05) is 56.3 Å². The first kappa shape index (κ1) is 23.5. The highest BCUT2D eigenvalue weighted by molar-refractivity contribution is 5.90. The molecule has 2 aromatic rings. The summed E-state index contributed by atoms with van der Waals surface area (Å²) in [6.45, 7) is 5.57. The first-order chi connectivity index (χ1) is 15.4. The maximum Gasteiger partial charge on any atom is 0.227 e. The van der Waals surface area contributed by atoms with E-state index in [0.717, 1.165) is 29.7 Å². The summed E-state index contributed by atoms with van der Waals surface area (Å²) in [5, 5.41) is 5.91. The van der Waals surface area contributed by atoms with Gasteiger partial charge in [-0.3, -0.25) is 14.4 Å². The molecular formula is C26H33N3O3. The van der Waals surface area contributed by atoms with Crippen molar-refractivity contribution in [3.8, 4) is 0 Å². The molecule has 6 nitrogen and oxygen atoms in total. The lowest BCUT2D eigenvalue weighted by Gasteiger charge is -2.32. The van der Waals surface area contributed by atoms with Crippen molar-refractivity contribution in [1.82, 2.24) is 10.2 Å². The Balaban J connectivity index is 1.49. The summed E-state index contributed by atoms with van der Waals surface area (Å²) in [5.41, 5.74) is 2.65. The van der Waals surface area contributed by atoms with E-state index in [9.17, 15) is 14.4 Å². The van der Waals surface area contributed by atoms with E-state index in [-0.39, 0.29) is 23.6 Å². The summed E-state index contributed by atoms with van der Waals surface area (Å²) in [6, 6.07) is 17.2. The third-order valence-corrected chi connectivity index (χ3v) is 5.61. The van der Waals surface area contributed by atoms with Crippen LogP contribution in [0.5, 0.6) is 0 Å². The van der Waals surface area contributed by atoms with E-state index in [2.05, 4.69) is 10.6 Å². The van der Waals surface area contributed by atoms with Crippen LogP contribution in [-0.4, -0.2) is 35.7 Å². The Labute approximate surface area is 190 Å². The van der Waals surface area contributed by atoms with Crippen molar-refractivity contribution >= 4 is 23.4 Å². The highest BCUT2D eigenvalue weighted by Crippen LogP contribution is 2.19. The number of nitrogens with zero attached hydrogens (tertiary/aromatic N) is 1. The number of benzene rings is 2. The van der Waals surface area contributed by atoms with Crippen LogP contribution in [0, 0.1) is 11.8 Å². The molecule has 32 heavy (non-hydrogen) atoms. The van der Waals surface area contributed by atoms with Gasteiger partial charge in [0.25, 0.3) is 0 Å². The van der Waals surface area contributed by atoms with Gasteiger partial charge in [0.1, 0.15) is 0 Å². The minimum atomic E-state index is -0.197. The van der Waals surface area contributed by atoms with Gasteiger partial charge in [0.15, 0.2) is 0 Å². The standard InChI is InChI=1S/C26H33N3O3/c1-19(2)14-24(30)28-23-12-6-10-21(15-23)17-27-26(32)22-11-7-13-29(18-22)25(31)16-20-8-4-3-5-9-20/h3-6,8-10,12,15,19,22H,7,11,13-14,16-18H2,1-2H3,(H,27,32)(H,28,30). The van der Waals surface area contributed by atoms with E-state index in [0.29, 0.717) is 38.4 Å². The van der Waals surface area contributed by atoms with E-state index in [1.807, 2.05) is 73.3 Å². The Kier molecular flexibility index (Phi) is 8.42. The van der Waals surface area contributed by atoms with E-state index in [1.54, 1.807) is 0 Å². The van der Waals surface area contributed by atoms with Crippen molar-refractivity contribution in [1.29, 1.82) is 0 Å². The van der Waals surface area contributed by atoms with Gasteiger partial charge in [-0.15, -0.1) is 0 Å². The molecule has 0 bridgehead atoms. The number of carbonyl (C=O) groups excluding carboxylic acids is 3. The molecule has 0 spiro atoms. The molecule has 6 heteroatoms. The summed E-state index contributed by atoms with van der Waals surface area (Å²) >= 11 is 0. The second-order valence-electron chi connectivity index (χ2n) is 8.91. The van der Waals surface area contributed by atoms with Crippen LogP contribution >= 0.6 is 0 Å². The number of piperidine rings is 1. The fourth-order valence-corrected chi connectivity index (χ4v) is 3.98. The first-order valence-electron chi connectivity index (χ1n) is 11.4. The van der Waals surface area contributed by atoms with Gasteiger partial charge in [0.2, 0.25) is 17.7 Å². The molecule has 3 amide bonds. The van der Waals surface area contributed by atoms with Crippen molar-refractivity contribution in [2.24, 2.45) is 11.8 Å². The molecule has 170 valence electrons. The molecule has 0 saturated carbocycles. The van der Waals surface area contributed by atoms with E-state index in [1.165, 1.54) is 0 Å². The van der Waals surface area contributed by atoms with Crippen molar-refractivity contribution in [2.75, 3.05) is 18.4 Å². The fourth-order valence-electron chi connectivity index (χ4n) is 3.98. The predicted molar refractivity (Wildman–Crippen MR) is 126 cm³/mol. The van der Waals surface area contributed by atoms with Crippen LogP contribution in [0.3, 0.4) is 0 Å². The maximum absolute atomic E-state index is 12.8. The number of hydrogen-bond acceptors (Lipinski definition) is 3. The number of nitrogens with one attached hydrogen (secondary N) is 2. The molecule has 1 atom stereocenters. The van der Waals surface area contributed by atoms with E-state index < -0.39 is 0 Å². The number of likely N-dealkylation sites (tertiary alicyclic amines) is 1. The Morgan fingerprint density at radius 1 is 1.03 bits per heavy atom. The Morgan fingerprint density at radius 2 is 1.78 bits per heavy atom. The molecule has 0 aliphatic carbocycles. The smallest absolute Gasteiger partial charge is 0.227 e.